The van der Waals surface area contributed by atoms with Gasteiger partial charge in [-0.15, -0.1) is 5.53 Å². The summed E-state index contributed by atoms with van der Waals surface area (Å²) < 4.78 is 46.3. The van der Waals surface area contributed by atoms with Gasteiger partial charge in [0.15, 0.2) is 17.4 Å². The summed E-state index contributed by atoms with van der Waals surface area (Å²) >= 11 is 6.04. The highest BCUT2D eigenvalue weighted by atomic mass is 35.5. The van der Waals surface area contributed by atoms with E-state index in [1.165, 1.54) is 14.2 Å². The van der Waals surface area contributed by atoms with E-state index in [4.69, 9.17) is 45.3 Å². The molecular weight excluding hydrogens is 507 g/mol. The van der Waals surface area contributed by atoms with E-state index >= 15 is 0 Å². The van der Waals surface area contributed by atoms with E-state index in [1.807, 2.05) is 13.8 Å². The number of aromatic nitrogens is 2. The van der Waals surface area contributed by atoms with Crippen molar-refractivity contribution in [2.75, 3.05) is 43.6 Å². The maximum absolute atomic E-state index is 13.0. The molecule has 2 fully saturated rings. The molecule has 2 aliphatic heterocycles. The van der Waals surface area contributed by atoms with Gasteiger partial charge in [-0.05, 0) is 38.8 Å². The summed E-state index contributed by atoms with van der Waals surface area (Å²) in [4.78, 5) is 20.8. The molecule has 0 aromatic carbocycles. The molecule has 1 aromatic rings. The van der Waals surface area contributed by atoms with Gasteiger partial charge in [0.05, 0.1) is 25.4 Å². The molecule has 196 valence electrons. The van der Waals surface area contributed by atoms with Crippen molar-refractivity contribution in [3.05, 3.63) is 5.28 Å². The fourth-order valence-electron chi connectivity index (χ4n) is 4.60. The summed E-state index contributed by atoms with van der Waals surface area (Å²) in [5, 5.41) is 1.77. The van der Waals surface area contributed by atoms with Crippen LogP contribution in [-0.2, 0) is 37.4 Å². The molecule has 1 aliphatic carbocycles. The minimum absolute atomic E-state index is 0.00189. The number of hydrogen-bond acceptors (Lipinski definition) is 14. The Morgan fingerprint density at radius 1 is 1.31 bits per heavy atom. The van der Waals surface area contributed by atoms with Crippen LogP contribution in [0.5, 0.6) is 0 Å². The number of carbonyl (C=O) groups excluding carboxylic acids is 1. The van der Waals surface area contributed by atoms with Crippen LogP contribution in [0.3, 0.4) is 0 Å². The predicted octanol–water partition coefficient (Wildman–Crippen LogP) is 1.66. The number of carbonyl (C=O) groups is 1. The summed E-state index contributed by atoms with van der Waals surface area (Å²) in [6, 6.07) is -0.285. The first kappa shape index (κ1) is 26.3. The minimum atomic E-state index is -3.93. The Labute approximate surface area is 207 Å². The van der Waals surface area contributed by atoms with Gasteiger partial charge in [0, 0.05) is 20.1 Å². The average molecular weight is 537 g/mol. The Morgan fingerprint density at radius 3 is 2.66 bits per heavy atom. The second-order valence-electron chi connectivity index (χ2n) is 8.65. The third-order valence-electron chi connectivity index (χ3n) is 6.06. The van der Waals surface area contributed by atoms with Crippen molar-refractivity contribution in [3.8, 4) is 0 Å². The van der Waals surface area contributed by atoms with Gasteiger partial charge in [-0.1, -0.05) is 0 Å². The Balaban J connectivity index is 1.57. The average Bonchev–Trinajstić information content (AvgIpc) is 3.45. The van der Waals surface area contributed by atoms with Gasteiger partial charge in [0.1, 0.15) is 11.8 Å². The number of ether oxygens (including phenoxy) is 4. The second-order valence-corrected chi connectivity index (χ2v) is 11.3. The third-order valence-corrected chi connectivity index (χ3v) is 8.18. The minimum Gasteiger partial charge on any atom is -0.464 e. The molecule has 1 saturated heterocycles. The van der Waals surface area contributed by atoms with Gasteiger partial charge < -0.3 is 33.7 Å². The number of nitrogens with two attached hydrogens (primary N) is 1. The maximum atomic E-state index is 13.0. The number of halogens is 1. The molecule has 35 heavy (non-hydrogen) atoms. The first-order chi connectivity index (χ1) is 16.5. The van der Waals surface area contributed by atoms with Crippen LogP contribution in [0, 0.1) is 5.92 Å². The van der Waals surface area contributed by atoms with Crippen molar-refractivity contribution in [3.63, 3.8) is 0 Å². The SMILES string of the molecule is CCOC(=O)C(OC[C@H]1C[C@@H](N2NNc3c(N)nc(Cl)nc32)[C@@H]2OC(C)(C)O[C@H]12)P(=O)(OC)OC. The van der Waals surface area contributed by atoms with E-state index in [0.29, 0.717) is 17.9 Å². The zero-order valence-electron chi connectivity index (χ0n) is 20.0. The van der Waals surface area contributed by atoms with Crippen molar-refractivity contribution in [1.82, 2.24) is 15.5 Å². The molecule has 14 nitrogen and oxygen atoms in total. The number of nitrogens with zero attached hydrogens (tertiary/aromatic N) is 3. The molecule has 1 aromatic heterocycles. The van der Waals surface area contributed by atoms with Gasteiger partial charge in [-0.2, -0.15) is 9.97 Å². The summed E-state index contributed by atoms with van der Waals surface area (Å²) in [5.41, 5.74) is 12.5. The lowest BCUT2D eigenvalue weighted by Crippen LogP contribution is -2.49. The molecule has 16 heteroatoms. The summed E-state index contributed by atoms with van der Waals surface area (Å²) in [6.45, 7) is 5.33. The maximum Gasteiger partial charge on any atom is 0.370 e. The van der Waals surface area contributed by atoms with Gasteiger partial charge in [-0.3, -0.25) is 15.0 Å². The van der Waals surface area contributed by atoms with Crippen LogP contribution in [0.15, 0.2) is 0 Å². The molecular formula is C19H30ClN6O8P. The van der Waals surface area contributed by atoms with Crippen molar-refractivity contribution in [2.24, 2.45) is 5.92 Å². The van der Waals surface area contributed by atoms with Crippen LogP contribution < -0.4 is 21.7 Å². The molecule has 4 N–H and O–H groups in total. The topological polar surface area (TPSA) is 169 Å². The summed E-state index contributed by atoms with van der Waals surface area (Å²) in [7, 11) is -1.56. The van der Waals surface area contributed by atoms with Crippen molar-refractivity contribution in [2.45, 2.75) is 57.1 Å². The number of fused-ring (bicyclic) bond motifs is 2. The van der Waals surface area contributed by atoms with Crippen LogP contribution in [0.2, 0.25) is 5.28 Å². The highest BCUT2D eigenvalue weighted by Gasteiger charge is 2.57. The number of hydrogen-bond donors (Lipinski definition) is 3. The molecule has 3 heterocycles. The molecule has 5 atom stereocenters. The second kappa shape index (κ2) is 9.94. The van der Waals surface area contributed by atoms with E-state index in [9.17, 15) is 9.36 Å². The third kappa shape index (κ3) is 4.94. The number of hydrazine groups is 2. The highest BCUT2D eigenvalue weighted by molar-refractivity contribution is 7.55. The van der Waals surface area contributed by atoms with E-state index < -0.39 is 37.4 Å². The highest BCUT2D eigenvalue weighted by Crippen LogP contribution is 2.53. The molecule has 3 aliphatic rings. The van der Waals surface area contributed by atoms with Crippen LogP contribution in [0.4, 0.5) is 17.3 Å². The lowest BCUT2D eigenvalue weighted by atomic mass is 10.1. The fraction of sp³-hybridized carbons (Fsp3) is 0.737. The van der Waals surface area contributed by atoms with Crippen molar-refractivity contribution >= 4 is 42.5 Å². The van der Waals surface area contributed by atoms with Crippen LogP contribution >= 0.6 is 19.2 Å². The largest absolute Gasteiger partial charge is 0.464 e. The van der Waals surface area contributed by atoms with Gasteiger partial charge in [0.25, 0.3) is 5.85 Å². The van der Waals surface area contributed by atoms with E-state index in [2.05, 4.69) is 20.9 Å². The lowest BCUT2D eigenvalue weighted by Gasteiger charge is -2.30. The fourth-order valence-corrected chi connectivity index (χ4v) is 5.90. The molecule has 0 spiro atoms. The smallest absolute Gasteiger partial charge is 0.370 e. The quantitative estimate of drug-likeness (QED) is 0.236. The number of esters is 1. The molecule has 0 radical (unpaired) electrons. The number of rotatable bonds is 9. The molecule has 0 amide bonds. The van der Waals surface area contributed by atoms with Gasteiger partial charge in [-0.25, -0.2) is 4.79 Å². The monoisotopic (exact) mass is 536 g/mol. The molecule has 0 bridgehead atoms. The number of anilines is 3. The Morgan fingerprint density at radius 2 is 2.00 bits per heavy atom. The molecule has 1 unspecified atom stereocenters. The Hall–Kier alpha value is -1.77. The summed E-state index contributed by atoms with van der Waals surface area (Å²) in [5.74, 6) is -2.85. The summed E-state index contributed by atoms with van der Waals surface area (Å²) in [6.07, 6.45) is -0.296. The van der Waals surface area contributed by atoms with Crippen LogP contribution in [0.1, 0.15) is 27.2 Å². The van der Waals surface area contributed by atoms with E-state index in [-0.39, 0.29) is 36.3 Å². The normalized spacial score (nSPS) is 27.9. The number of nitrogens with one attached hydrogen (secondary N) is 2. The zero-order valence-corrected chi connectivity index (χ0v) is 21.7. The zero-order chi connectivity index (χ0) is 25.5. The molecule has 1 saturated carbocycles. The van der Waals surface area contributed by atoms with Crippen molar-refractivity contribution in [1.29, 1.82) is 0 Å². The van der Waals surface area contributed by atoms with E-state index in [0.717, 1.165) is 0 Å². The Kier molecular flexibility index (Phi) is 7.47. The first-order valence-corrected chi connectivity index (χ1v) is 13.0. The van der Waals surface area contributed by atoms with Crippen LogP contribution in [0.25, 0.3) is 0 Å². The van der Waals surface area contributed by atoms with E-state index in [1.54, 1.807) is 11.9 Å². The number of nitrogen functional groups attached to an aromatic ring is 1. The predicted molar refractivity (Wildman–Crippen MR) is 124 cm³/mol. The molecule has 4 rings (SSSR count). The van der Waals surface area contributed by atoms with Gasteiger partial charge >= 0.3 is 13.6 Å². The lowest BCUT2D eigenvalue weighted by molar-refractivity contribution is -0.164. The first-order valence-electron chi connectivity index (χ1n) is 11.0. The van der Waals surface area contributed by atoms with Crippen molar-refractivity contribution < 1.29 is 37.4 Å². The van der Waals surface area contributed by atoms with Crippen LogP contribution in [-0.4, -0.2) is 73.3 Å². The van der Waals surface area contributed by atoms with Gasteiger partial charge in [0.2, 0.25) is 5.28 Å². The Bertz CT molecular complexity index is 1010. The standard InChI is InChI=1S/C19H30ClN6O8P/c1-6-31-16(27)17(35(28,29-4)30-5)32-8-9-7-10(13-12(9)33-19(2,3)34-13)26-15-11(24-25-26)14(21)22-18(20)23-15/h9-10,12-13,17,24-25H,6-8H2,1-5H3,(H2,21,22,23)/t9-,10-,12-,13+,17?/m1/s1.